The predicted molar refractivity (Wildman–Crippen MR) is 89.8 cm³/mol. The van der Waals surface area contributed by atoms with E-state index in [1.165, 1.54) is 4.57 Å². The smallest absolute Gasteiger partial charge is 0.328 e. The van der Waals surface area contributed by atoms with Gasteiger partial charge in [-0.05, 0) is 18.1 Å². The number of rotatable bonds is 4. The highest BCUT2D eigenvalue weighted by Crippen LogP contribution is 2.09. The first kappa shape index (κ1) is 16.0. The summed E-state index contributed by atoms with van der Waals surface area (Å²) in [4.78, 5) is 29.9. The molecule has 23 heavy (non-hydrogen) atoms. The number of hydrogen-bond donors (Lipinski definition) is 1. The third-order valence-corrected chi connectivity index (χ3v) is 4.12. The summed E-state index contributed by atoms with van der Waals surface area (Å²) in [6.45, 7) is 7.94. The summed E-state index contributed by atoms with van der Waals surface area (Å²) in [6, 6.07) is 7.07. The van der Waals surface area contributed by atoms with Crippen LogP contribution in [0.3, 0.4) is 0 Å². The molecule has 0 amide bonds. The average Bonchev–Trinajstić information content (AvgIpc) is 2.51. The highest BCUT2D eigenvalue weighted by Gasteiger charge is 2.22. The molecule has 6 heteroatoms. The van der Waals surface area contributed by atoms with E-state index < -0.39 is 0 Å². The minimum atomic E-state index is -0.377. The maximum Gasteiger partial charge on any atom is 0.328 e. The standard InChI is InChI=1S/C17H23N3O3/c1-12(2)9-19-7-8-23-13(10-19)11-20-16(21)14-5-3-4-6-15(14)18-17(20)22/h3-6,12-13H,7-11H2,1-2H3,(H,18,22)/t13-/m1/s1. The molecule has 0 spiro atoms. The second kappa shape index (κ2) is 6.68. The van der Waals surface area contributed by atoms with Gasteiger partial charge in [0.1, 0.15) is 0 Å². The number of H-pyrrole nitrogens is 1. The van der Waals surface area contributed by atoms with Gasteiger partial charge in [0.2, 0.25) is 0 Å². The first-order chi connectivity index (χ1) is 11.0. The van der Waals surface area contributed by atoms with Crippen LogP contribution in [0, 0.1) is 5.92 Å². The normalized spacial score (nSPS) is 19.5. The minimum absolute atomic E-state index is 0.137. The van der Waals surface area contributed by atoms with Crippen LogP contribution in [0.25, 0.3) is 10.9 Å². The fourth-order valence-electron chi connectivity index (χ4n) is 3.14. The molecule has 2 heterocycles. The van der Waals surface area contributed by atoms with Gasteiger partial charge in [0.25, 0.3) is 5.56 Å². The van der Waals surface area contributed by atoms with Crippen LogP contribution >= 0.6 is 0 Å². The van der Waals surface area contributed by atoms with E-state index in [9.17, 15) is 9.59 Å². The predicted octanol–water partition coefficient (Wildman–Crippen LogP) is 1.05. The molecule has 3 rings (SSSR count). The third-order valence-electron chi connectivity index (χ3n) is 4.12. The van der Waals surface area contributed by atoms with Gasteiger partial charge in [-0.1, -0.05) is 26.0 Å². The summed E-state index contributed by atoms with van der Waals surface area (Å²) in [5.41, 5.74) is -0.0584. The summed E-state index contributed by atoms with van der Waals surface area (Å²) in [7, 11) is 0. The highest BCUT2D eigenvalue weighted by atomic mass is 16.5. The Kier molecular flexibility index (Phi) is 4.63. The number of morpholine rings is 1. The minimum Gasteiger partial charge on any atom is -0.374 e. The van der Waals surface area contributed by atoms with E-state index in [-0.39, 0.29) is 23.9 Å². The van der Waals surface area contributed by atoms with E-state index in [2.05, 4.69) is 23.7 Å². The van der Waals surface area contributed by atoms with Crippen molar-refractivity contribution in [2.45, 2.75) is 26.5 Å². The zero-order valence-electron chi connectivity index (χ0n) is 13.6. The van der Waals surface area contributed by atoms with Gasteiger partial charge in [-0.2, -0.15) is 0 Å². The van der Waals surface area contributed by atoms with Gasteiger partial charge in [0.15, 0.2) is 0 Å². The van der Waals surface area contributed by atoms with Gasteiger partial charge < -0.3 is 9.72 Å². The zero-order chi connectivity index (χ0) is 16.4. The zero-order valence-corrected chi connectivity index (χ0v) is 13.6. The lowest BCUT2D eigenvalue weighted by molar-refractivity contribution is -0.0398. The van der Waals surface area contributed by atoms with Gasteiger partial charge >= 0.3 is 5.69 Å². The van der Waals surface area contributed by atoms with Crippen LogP contribution in [0.2, 0.25) is 0 Å². The van der Waals surface area contributed by atoms with Crippen molar-refractivity contribution in [3.05, 3.63) is 45.1 Å². The first-order valence-corrected chi connectivity index (χ1v) is 8.10. The molecule has 1 aromatic carbocycles. The molecular formula is C17H23N3O3. The van der Waals surface area contributed by atoms with Crippen LogP contribution in [-0.4, -0.2) is 46.8 Å². The van der Waals surface area contributed by atoms with Crippen LogP contribution in [0.4, 0.5) is 0 Å². The monoisotopic (exact) mass is 317 g/mol. The lowest BCUT2D eigenvalue weighted by atomic mass is 10.1. The molecule has 1 aliphatic rings. The van der Waals surface area contributed by atoms with Crippen LogP contribution in [-0.2, 0) is 11.3 Å². The number of aromatic amines is 1. The Morgan fingerprint density at radius 1 is 1.30 bits per heavy atom. The molecule has 0 bridgehead atoms. The number of aromatic nitrogens is 2. The number of nitrogens with one attached hydrogen (secondary N) is 1. The van der Waals surface area contributed by atoms with Gasteiger partial charge in [-0.3, -0.25) is 14.3 Å². The molecule has 0 aliphatic carbocycles. The van der Waals surface area contributed by atoms with Crippen molar-refractivity contribution in [3.63, 3.8) is 0 Å². The van der Waals surface area contributed by atoms with Crippen molar-refractivity contribution in [1.29, 1.82) is 0 Å². The lowest BCUT2D eigenvalue weighted by Crippen LogP contribution is -2.48. The van der Waals surface area contributed by atoms with Gasteiger partial charge in [0, 0.05) is 19.6 Å². The van der Waals surface area contributed by atoms with Gasteiger partial charge in [-0.25, -0.2) is 4.79 Å². The molecule has 1 saturated heterocycles. The molecule has 1 aromatic heterocycles. The largest absolute Gasteiger partial charge is 0.374 e. The SMILES string of the molecule is CC(C)CN1CCO[C@@H](Cn2c(=O)[nH]c3ccccc3c2=O)C1. The van der Waals surface area contributed by atoms with E-state index >= 15 is 0 Å². The van der Waals surface area contributed by atoms with Crippen molar-refractivity contribution in [3.8, 4) is 0 Å². The molecule has 6 nitrogen and oxygen atoms in total. The maximum absolute atomic E-state index is 12.6. The Bertz CT molecular complexity index is 794. The summed E-state index contributed by atoms with van der Waals surface area (Å²) < 4.78 is 7.02. The summed E-state index contributed by atoms with van der Waals surface area (Å²) in [6.07, 6.45) is -0.137. The Morgan fingerprint density at radius 2 is 2.09 bits per heavy atom. The molecule has 0 unspecified atom stereocenters. The Hall–Kier alpha value is -1.92. The second-order valence-electron chi connectivity index (χ2n) is 6.54. The maximum atomic E-state index is 12.6. The van der Waals surface area contributed by atoms with E-state index in [0.717, 1.165) is 19.6 Å². The molecule has 0 radical (unpaired) electrons. The molecule has 1 N–H and O–H groups in total. The Morgan fingerprint density at radius 3 is 2.87 bits per heavy atom. The lowest BCUT2D eigenvalue weighted by Gasteiger charge is -2.33. The van der Waals surface area contributed by atoms with E-state index in [1.54, 1.807) is 24.3 Å². The number of benzene rings is 1. The van der Waals surface area contributed by atoms with Crippen LogP contribution < -0.4 is 11.2 Å². The number of nitrogens with zero attached hydrogens (tertiary/aromatic N) is 2. The van der Waals surface area contributed by atoms with E-state index in [0.29, 0.717) is 23.4 Å². The molecule has 124 valence electrons. The first-order valence-electron chi connectivity index (χ1n) is 8.10. The Labute approximate surface area is 134 Å². The van der Waals surface area contributed by atoms with Crippen molar-refractivity contribution in [2.24, 2.45) is 5.92 Å². The molecule has 0 saturated carbocycles. The number of fused-ring (bicyclic) bond motifs is 1. The van der Waals surface area contributed by atoms with Crippen molar-refractivity contribution in [1.82, 2.24) is 14.5 Å². The highest BCUT2D eigenvalue weighted by molar-refractivity contribution is 5.76. The van der Waals surface area contributed by atoms with Crippen molar-refractivity contribution < 1.29 is 4.74 Å². The summed E-state index contributed by atoms with van der Waals surface area (Å²) in [5.74, 6) is 0.584. The number of ether oxygens (including phenoxy) is 1. The molecule has 1 aliphatic heterocycles. The van der Waals surface area contributed by atoms with E-state index in [1.807, 2.05) is 0 Å². The molecular weight excluding hydrogens is 294 g/mol. The van der Waals surface area contributed by atoms with Crippen LogP contribution in [0.5, 0.6) is 0 Å². The second-order valence-corrected chi connectivity index (χ2v) is 6.54. The topological polar surface area (TPSA) is 67.3 Å². The third kappa shape index (κ3) is 3.54. The number of hydrogen-bond acceptors (Lipinski definition) is 4. The fourth-order valence-corrected chi connectivity index (χ4v) is 3.14. The average molecular weight is 317 g/mol. The quantitative estimate of drug-likeness (QED) is 0.915. The van der Waals surface area contributed by atoms with Gasteiger partial charge in [0.05, 0.1) is 30.2 Å². The molecule has 2 aromatic rings. The number of para-hydroxylation sites is 1. The van der Waals surface area contributed by atoms with Crippen molar-refractivity contribution >= 4 is 10.9 Å². The summed E-state index contributed by atoms with van der Waals surface area (Å²) >= 11 is 0. The van der Waals surface area contributed by atoms with Crippen LogP contribution in [0.15, 0.2) is 33.9 Å². The Balaban J connectivity index is 1.84. The van der Waals surface area contributed by atoms with Crippen molar-refractivity contribution in [2.75, 3.05) is 26.2 Å². The van der Waals surface area contributed by atoms with Gasteiger partial charge in [-0.15, -0.1) is 0 Å². The van der Waals surface area contributed by atoms with E-state index in [4.69, 9.17) is 4.74 Å². The summed E-state index contributed by atoms with van der Waals surface area (Å²) in [5, 5.41) is 0.530. The van der Waals surface area contributed by atoms with Crippen LogP contribution in [0.1, 0.15) is 13.8 Å². The molecule has 1 atom stereocenters. The molecule has 1 fully saturated rings. The fraction of sp³-hybridized carbons (Fsp3) is 0.529.